The van der Waals surface area contributed by atoms with Crippen LogP contribution in [0.5, 0.6) is 0 Å². The minimum atomic E-state index is 0.285. The molecule has 1 unspecified atom stereocenters. The Balaban J connectivity index is 1.87. The molecule has 0 aromatic carbocycles. The number of hydrogen-bond donors (Lipinski definition) is 1. The number of thiophene rings is 1. The highest BCUT2D eigenvalue weighted by Gasteiger charge is 2.24. The Morgan fingerprint density at radius 1 is 1.39 bits per heavy atom. The van der Waals surface area contributed by atoms with Gasteiger partial charge in [0.2, 0.25) is 0 Å². The lowest BCUT2D eigenvalue weighted by molar-refractivity contribution is 0.217. The summed E-state index contributed by atoms with van der Waals surface area (Å²) in [5.74, 6) is 1.13. The maximum absolute atomic E-state index is 5.76. The van der Waals surface area contributed by atoms with E-state index in [1.807, 2.05) is 11.3 Å². The minimum absolute atomic E-state index is 0.285. The van der Waals surface area contributed by atoms with Crippen molar-refractivity contribution in [1.29, 1.82) is 0 Å². The molecule has 3 heteroatoms. The largest absolute Gasteiger partial charge is 0.496 e. The maximum atomic E-state index is 5.76. The van der Waals surface area contributed by atoms with E-state index >= 15 is 0 Å². The van der Waals surface area contributed by atoms with Crippen LogP contribution in [0.4, 0.5) is 0 Å². The van der Waals surface area contributed by atoms with E-state index in [1.54, 1.807) is 10.4 Å². The first-order valence-electron chi connectivity index (χ1n) is 7.06. The summed E-state index contributed by atoms with van der Waals surface area (Å²) in [5, 5.41) is 3.57. The van der Waals surface area contributed by atoms with Gasteiger partial charge in [-0.15, -0.1) is 11.3 Å². The second-order valence-corrected chi connectivity index (χ2v) is 6.21. The molecule has 0 saturated carbocycles. The molecule has 1 aromatic heterocycles. The molecule has 0 spiro atoms. The molecule has 1 aromatic rings. The minimum Gasteiger partial charge on any atom is -0.496 e. The van der Waals surface area contributed by atoms with Crippen molar-refractivity contribution in [1.82, 2.24) is 5.32 Å². The predicted octanol–water partition coefficient (Wildman–Crippen LogP) is 3.58. The number of rotatable bonds is 4. The third-order valence-corrected chi connectivity index (χ3v) is 5.03. The monoisotopic (exact) mass is 263 g/mol. The van der Waals surface area contributed by atoms with Crippen LogP contribution in [-0.4, -0.2) is 13.2 Å². The summed E-state index contributed by atoms with van der Waals surface area (Å²) in [4.78, 5) is 3.05. The van der Waals surface area contributed by atoms with E-state index in [0.717, 1.165) is 25.3 Å². The fourth-order valence-corrected chi connectivity index (χ4v) is 4.18. The first kappa shape index (κ1) is 12.2. The van der Waals surface area contributed by atoms with Crippen LogP contribution in [0.1, 0.15) is 47.5 Å². The molecule has 0 fully saturated rings. The number of hydrogen-bond acceptors (Lipinski definition) is 3. The molecule has 1 aliphatic carbocycles. The molecule has 0 bridgehead atoms. The molecular formula is C15H21NOS. The maximum Gasteiger partial charge on any atom is 0.114 e. The standard InChI is InChI=1S/C15H21NOS/c1-2-16-15(12-7-5-9-17-12)14-10-11-6-3-4-8-13(11)18-14/h7,10,15-16H,2-6,8-9H2,1H3. The Morgan fingerprint density at radius 2 is 2.28 bits per heavy atom. The average molecular weight is 263 g/mol. The Kier molecular flexibility index (Phi) is 3.71. The smallest absolute Gasteiger partial charge is 0.114 e. The van der Waals surface area contributed by atoms with Crippen LogP contribution < -0.4 is 5.32 Å². The lowest BCUT2D eigenvalue weighted by Crippen LogP contribution is -2.22. The van der Waals surface area contributed by atoms with E-state index in [0.29, 0.717) is 0 Å². The van der Waals surface area contributed by atoms with Crippen molar-refractivity contribution in [2.24, 2.45) is 0 Å². The second-order valence-electron chi connectivity index (χ2n) is 5.04. The molecule has 2 aliphatic rings. The van der Waals surface area contributed by atoms with Gasteiger partial charge in [0.25, 0.3) is 0 Å². The van der Waals surface area contributed by atoms with Crippen molar-refractivity contribution in [2.75, 3.05) is 13.2 Å². The van der Waals surface area contributed by atoms with Gasteiger partial charge in [-0.3, -0.25) is 0 Å². The van der Waals surface area contributed by atoms with E-state index in [9.17, 15) is 0 Å². The van der Waals surface area contributed by atoms with Crippen molar-refractivity contribution >= 4 is 11.3 Å². The third kappa shape index (κ3) is 2.34. The van der Waals surface area contributed by atoms with Gasteiger partial charge in [-0.05, 0) is 49.9 Å². The summed E-state index contributed by atoms with van der Waals surface area (Å²) in [6.45, 7) is 3.99. The van der Waals surface area contributed by atoms with Crippen LogP contribution in [0, 0.1) is 0 Å². The van der Waals surface area contributed by atoms with E-state index in [-0.39, 0.29) is 6.04 Å². The molecular weight excluding hydrogens is 242 g/mol. The normalized spacial score (nSPS) is 20.2. The number of nitrogens with one attached hydrogen (secondary N) is 1. The summed E-state index contributed by atoms with van der Waals surface area (Å²) in [6.07, 6.45) is 8.56. The third-order valence-electron chi connectivity index (χ3n) is 3.73. The SMILES string of the molecule is CCNC(C1=CCCO1)c1cc2c(s1)CCCC2. The summed E-state index contributed by atoms with van der Waals surface area (Å²) < 4.78 is 5.76. The molecule has 1 N–H and O–H groups in total. The van der Waals surface area contributed by atoms with E-state index < -0.39 is 0 Å². The highest BCUT2D eigenvalue weighted by atomic mass is 32.1. The van der Waals surface area contributed by atoms with Gasteiger partial charge in [0.1, 0.15) is 5.76 Å². The molecule has 18 heavy (non-hydrogen) atoms. The van der Waals surface area contributed by atoms with Gasteiger partial charge in [0.05, 0.1) is 12.6 Å². The zero-order valence-electron chi connectivity index (χ0n) is 11.0. The molecule has 1 atom stereocenters. The Labute approximate surface area is 113 Å². The Bertz CT molecular complexity index is 426. The van der Waals surface area contributed by atoms with Crippen molar-refractivity contribution in [3.8, 4) is 0 Å². The van der Waals surface area contributed by atoms with Gasteiger partial charge in [0.15, 0.2) is 0 Å². The van der Waals surface area contributed by atoms with Crippen molar-refractivity contribution in [3.05, 3.63) is 33.2 Å². The first-order chi connectivity index (χ1) is 8.88. The zero-order valence-corrected chi connectivity index (χ0v) is 11.8. The first-order valence-corrected chi connectivity index (χ1v) is 7.88. The number of likely N-dealkylation sites (N-methyl/N-ethyl adjacent to an activating group) is 1. The number of fused-ring (bicyclic) bond motifs is 1. The fraction of sp³-hybridized carbons (Fsp3) is 0.600. The van der Waals surface area contributed by atoms with Gasteiger partial charge in [0, 0.05) is 16.2 Å². The summed E-state index contributed by atoms with van der Waals surface area (Å²) >= 11 is 1.99. The zero-order chi connectivity index (χ0) is 12.4. The molecule has 3 rings (SSSR count). The quantitative estimate of drug-likeness (QED) is 0.896. The average Bonchev–Trinajstić information content (AvgIpc) is 3.04. The molecule has 0 saturated heterocycles. The molecule has 1 aliphatic heterocycles. The lowest BCUT2D eigenvalue weighted by Gasteiger charge is -2.17. The summed E-state index contributed by atoms with van der Waals surface area (Å²) in [6, 6.07) is 2.70. The Hall–Kier alpha value is -0.800. The van der Waals surface area contributed by atoms with Crippen LogP contribution in [-0.2, 0) is 17.6 Å². The lowest BCUT2D eigenvalue weighted by atomic mass is 9.98. The van der Waals surface area contributed by atoms with Gasteiger partial charge >= 0.3 is 0 Å². The van der Waals surface area contributed by atoms with E-state index in [1.165, 1.54) is 30.6 Å². The molecule has 0 amide bonds. The van der Waals surface area contributed by atoms with Gasteiger partial charge in [-0.25, -0.2) is 0 Å². The van der Waals surface area contributed by atoms with E-state index in [4.69, 9.17) is 4.74 Å². The highest BCUT2D eigenvalue weighted by molar-refractivity contribution is 7.12. The van der Waals surface area contributed by atoms with Crippen LogP contribution in [0.3, 0.4) is 0 Å². The molecule has 98 valence electrons. The van der Waals surface area contributed by atoms with Crippen LogP contribution in [0.25, 0.3) is 0 Å². The van der Waals surface area contributed by atoms with Crippen LogP contribution in [0.15, 0.2) is 17.9 Å². The molecule has 2 nitrogen and oxygen atoms in total. The van der Waals surface area contributed by atoms with Crippen molar-refractivity contribution in [2.45, 2.75) is 45.1 Å². The topological polar surface area (TPSA) is 21.3 Å². The highest BCUT2D eigenvalue weighted by Crippen LogP contribution is 2.36. The Morgan fingerprint density at radius 3 is 3.00 bits per heavy atom. The molecule has 2 heterocycles. The predicted molar refractivity (Wildman–Crippen MR) is 76.0 cm³/mol. The van der Waals surface area contributed by atoms with Crippen molar-refractivity contribution < 1.29 is 4.74 Å². The van der Waals surface area contributed by atoms with Gasteiger partial charge < -0.3 is 10.1 Å². The van der Waals surface area contributed by atoms with Crippen molar-refractivity contribution in [3.63, 3.8) is 0 Å². The number of ether oxygens (including phenoxy) is 1. The summed E-state index contributed by atoms with van der Waals surface area (Å²) in [5.41, 5.74) is 1.59. The van der Waals surface area contributed by atoms with Gasteiger partial charge in [-0.1, -0.05) is 6.92 Å². The van der Waals surface area contributed by atoms with Crippen LogP contribution in [0.2, 0.25) is 0 Å². The second kappa shape index (κ2) is 5.45. The van der Waals surface area contributed by atoms with E-state index in [2.05, 4.69) is 24.4 Å². The molecule has 0 radical (unpaired) electrons. The fourth-order valence-electron chi connectivity index (χ4n) is 2.84. The van der Waals surface area contributed by atoms with Crippen LogP contribution >= 0.6 is 11.3 Å². The van der Waals surface area contributed by atoms with Gasteiger partial charge in [-0.2, -0.15) is 0 Å². The number of aryl methyl sites for hydroxylation is 2. The summed E-state index contributed by atoms with van der Waals surface area (Å²) in [7, 11) is 0.